The molecule has 1 aromatic carbocycles. The van der Waals surface area contributed by atoms with Gasteiger partial charge < -0.3 is 9.64 Å². The van der Waals surface area contributed by atoms with Crippen molar-refractivity contribution in [2.75, 3.05) is 11.4 Å². The molecule has 0 saturated heterocycles. The molecule has 0 aliphatic carbocycles. The predicted octanol–water partition coefficient (Wildman–Crippen LogP) is 4.54. The van der Waals surface area contributed by atoms with E-state index in [1.165, 1.54) is 6.07 Å². The van der Waals surface area contributed by atoms with Gasteiger partial charge in [-0.15, -0.1) is 13.2 Å². The van der Waals surface area contributed by atoms with Crippen molar-refractivity contribution in [1.82, 2.24) is 9.78 Å². The highest BCUT2D eigenvalue weighted by molar-refractivity contribution is 5.76. The van der Waals surface area contributed by atoms with Crippen LogP contribution in [0.15, 0.2) is 24.5 Å². The maximum Gasteiger partial charge on any atom is 0.573 e. The monoisotopic (exact) mass is 353 g/mol. The fourth-order valence-electron chi connectivity index (χ4n) is 3.32. The molecule has 2 heterocycles. The molecule has 1 aliphatic heterocycles. The Morgan fingerprint density at radius 3 is 2.68 bits per heavy atom. The smallest absolute Gasteiger partial charge is 0.405 e. The Morgan fingerprint density at radius 1 is 1.32 bits per heavy atom. The second-order valence-electron chi connectivity index (χ2n) is 6.48. The van der Waals surface area contributed by atoms with E-state index in [0.29, 0.717) is 11.1 Å². The fourth-order valence-corrected chi connectivity index (χ4v) is 3.32. The van der Waals surface area contributed by atoms with Crippen LogP contribution < -0.4 is 9.64 Å². The van der Waals surface area contributed by atoms with Gasteiger partial charge in [0.15, 0.2) is 0 Å². The van der Waals surface area contributed by atoms with E-state index in [-0.39, 0.29) is 11.8 Å². The lowest BCUT2D eigenvalue weighted by Gasteiger charge is -2.36. The summed E-state index contributed by atoms with van der Waals surface area (Å²) in [7, 11) is 1.73. The lowest BCUT2D eigenvalue weighted by atomic mass is 9.95. The van der Waals surface area contributed by atoms with Crippen molar-refractivity contribution < 1.29 is 17.9 Å². The Hall–Kier alpha value is -2.18. The highest BCUT2D eigenvalue weighted by atomic mass is 19.4. The summed E-state index contributed by atoms with van der Waals surface area (Å²) in [6.45, 7) is 5.02. The number of nitrogens with zero attached hydrogens (tertiary/aromatic N) is 3. The topological polar surface area (TPSA) is 30.3 Å². The minimum absolute atomic E-state index is 0.172. The lowest BCUT2D eigenvalue weighted by molar-refractivity contribution is -0.274. The molecule has 7 heteroatoms. The van der Waals surface area contributed by atoms with Gasteiger partial charge in [0.25, 0.3) is 0 Å². The number of benzene rings is 1. The third kappa shape index (κ3) is 3.75. The number of ether oxygens (including phenoxy) is 1. The summed E-state index contributed by atoms with van der Waals surface area (Å²) in [6, 6.07) is 3.63. The molecule has 3 rings (SSSR count). The zero-order valence-electron chi connectivity index (χ0n) is 14.6. The number of anilines is 1. The van der Waals surface area contributed by atoms with Crippen LogP contribution in [0, 0.1) is 0 Å². The van der Waals surface area contributed by atoms with Crippen molar-refractivity contribution in [1.29, 1.82) is 0 Å². The fraction of sp³-hybridized carbons (Fsp3) is 0.500. The molecule has 2 aromatic rings. The van der Waals surface area contributed by atoms with Crippen LogP contribution in [0.2, 0.25) is 0 Å². The third-order valence-electron chi connectivity index (χ3n) is 4.70. The van der Waals surface area contributed by atoms with E-state index in [9.17, 15) is 13.2 Å². The van der Waals surface area contributed by atoms with Gasteiger partial charge in [-0.1, -0.05) is 6.92 Å². The van der Waals surface area contributed by atoms with Crippen LogP contribution in [0.1, 0.15) is 32.3 Å². The van der Waals surface area contributed by atoms with E-state index in [4.69, 9.17) is 0 Å². The molecule has 0 fully saturated rings. The number of aryl methyl sites for hydroxylation is 2. The van der Waals surface area contributed by atoms with Crippen molar-refractivity contribution >= 4 is 5.69 Å². The van der Waals surface area contributed by atoms with Gasteiger partial charge in [-0.3, -0.25) is 4.68 Å². The average molecular weight is 353 g/mol. The van der Waals surface area contributed by atoms with Gasteiger partial charge >= 0.3 is 6.36 Å². The first-order chi connectivity index (χ1) is 11.8. The number of hydrogen-bond acceptors (Lipinski definition) is 3. The molecule has 0 spiro atoms. The van der Waals surface area contributed by atoms with E-state index in [2.05, 4.69) is 28.6 Å². The standard InChI is InChI=1S/C18H22F3N3O/c1-4-12(2)24-7-5-6-13-8-15(14-10-22-23(3)11-14)17(9-16(13)24)25-18(19,20)21/h8-12H,4-7H2,1-3H3. The van der Waals surface area contributed by atoms with E-state index in [1.807, 2.05) is 6.07 Å². The van der Waals surface area contributed by atoms with Gasteiger partial charge in [-0.2, -0.15) is 5.10 Å². The Bertz CT molecular complexity index is 755. The minimum Gasteiger partial charge on any atom is -0.405 e. The van der Waals surface area contributed by atoms with Crippen molar-refractivity contribution in [2.45, 2.75) is 45.5 Å². The summed E-state index contributed by atoms with van der Waals surface area (Å²) in [5.41, 5.74) is 2.94. The molecule has 0 amide bonds. The van der Waals surface area contributed by atoms with Crippen LogP contribution >= 0.6 is 0 Å². The van der Waals surface area contributed by atoms with Crippen LogP contribution in [0.5, 0.6) is 5.75 Å². The van der Waals surface area contributed by atoms with E-state index >= 15 is 0 Å². The largest absolute Gasteiger partial charge is 0.573 e. The first-order valence-corrected chi connectivity index (χ1v) is 8.47. The molecule has 25 heavy (non-hydrogen) atoms. The molecule has 0 N–H and O–H groups in total. The highest BCUT2D eigenvalue weighted by Gasteiger charge is 2.34. The van der Waals surface area contributed by atoms with Crippen LogP contribution in [0.4, 0.5) is 18.9 Å². The van der Waals surface area contributed by atoms with E-state index < -0.39 is 6.36 Å². The molecular formula is C18H22F3N3O. The van der Waals surface area contributed by atoms with Crippen molar-refractivity contribution in [3.63, 3.8) is 0 Å². The molecule has 4 nitrogen and oxygen atoms in total. The molecule has 1 unspecified atom stereocenters. The third-order valence-corrected chi connectivity index (χ3v) is 4.70. The van der Waals surface area contributed by atoms with Crippen LogP contribution in [0.25, 0.3) is 11.1 Å². The zero-order chi connectivity index (χ0) is 18.2. The summed E-state index contributed by atoms with van der Waals surface area (Å²) in [5.74, 6) is -0.172. The van der Waals surface area contributed by atoms with E-state index in [1.54, 1.807) is 24.1 Å². The van der Waals surface area contributed by atoms with Gasteiger partial charge in [0, 0.05) is 48.7 Å². The second-order valence-corrected chi connectivity index (χ2v) is 6.48. The Labute approximate surface area is 145 Å². The Kier molecular flexibility index (Phi) is 4.67. The number of alkyl halides is 3. The van der Waals surface area contributed by atoms with Gasteiger partial charge in [0.2, 0.25) is 0 Å². The maximum atomic E-state index is 12.9. The Balaban J connectivity index is 2.12. The number of aromatic nitrogens is 2. The van der Waals surface area contributed by atoms with Crippen LogP contribution in [0.3, 0.4) is 0 Å². The molecule has 0 radical (unpaired) electrons. The average Bonchev–Trinajstić information content (AvgIpc) is 2.97. The van der Waals surface area contributed by atoms with Crippen molar-refractivity contribution in [3.8, 4) is 16.9 Å². The van der Waals surface area contributed by atoms with Crippen LogP contribution in [-0.2, 0) is 13.5 Å². The molecule has 1 aliphatic rings. The predicted molar refractivity (Wildman–Crippen MR) is 90.7 cm³/mol. The molecule has 0 saturated carbocycles. The van der Waals surface area contributed by atoms with Gasteiger partial charge in [-0.25, -0.2) is 0 Å². The van der Waals surface area contributed by atoms with Crippen molar-refractivity contribution in [2.24, 2.45) is 7.05 Å². The summed E-state index contributed by atoms with van der Waals surface area (Å²) in [6.07, 6.45) is 1.28. The summed E-state index contributed by atoms with van der Waals surface area (Å²) in [5, 5.41) is 4.07. The summed E-state index contributed by atoms with van der Waals surface area (Å²) < 4.78 is 44.7. The summed E-state index contributed by atoms with van der Waals surface area (Å²) in [4.78, 5) is 2.18. The molecule has 0 bridgehead atoms. The zero-order valence-corrected chi connectivity index (χ0v) is 14.6. The van der Waals surface area contributed by atoms with Crippen molar-refractivity contribution in [3.05, 3.63) is 30.1 Å². The number of hydrogen-bond donors (Lipinski definition) is 0. The lowest BCUT2D eigenvalue weighted by Crippen LogP contribution is -2.37. The van der Waals surface area contributed by atoms with Crippen LogP contribution in [-0.4, -0.2) is 28.7 Å². The van der Waals surface area contributed by atoms with Gasteiger partial charge in [0.05, 0.1) is 6.20 Å². The second kappa shape index (κ2) is 6.61. The molecule has 1 atom stereocenters. The van der Waals surface area contributed by atoms with E-state index in [0.717, 1.165) is 37.1 Å². The quantitative estimate of drug-likeness (QED) is 0.809. The van der Waals surface area contributed by atoms with Gasteiger partial charge in [0.1, 0.15) is 5.75 Å². The highest BCUT2D eigenvalue weighted by Crippen LogP contribution is 2.41. The normalized spacial score (nSPS) is 15.8. The minimum atomic E-state index is -4.74. The molecule has 136 valence electrons. The number of halogens is 3. The first-order valence-electron chi connectivity index (χ1n) is 8.47. The molecule has 1 aromatic heterocycles. The number of fused-ring (bicyclic) bond motifs is 1. The maximum absolute atomic E-state index is 12.9. The summed E-state index contributed by atoms with van der Waals surface area (Å²) >= 11 is 0. The van der Waals surface area contributed by atoms with Gasteiger partial charge in [-0.05, 0) is 37.8 Å². The Morgan fingerprint density at radius 2 is 2.08 bits per heavy atom. The first kappa shape index (κ1) is 17.6. The SMILES string of the molecule is CCC(C)N1CCCc2cc(-c3cnn(C)c3)c(OC(F)(F)F)cc21. The molecular weight excluding hydrogens is 331 g/mol. The number of rotatable bonds is 4.